The summed E-state index contributed by atoms with van der Waals surface area (Å²) in [6.07, 6.45) is -1.77. The van der Waals surface area contributed by atoms with Crippen LogP contribution in [0.1, 0.15) is 16.6 Å². The number of anilines is 1. The van der Waals surface area contributed by atoms with Gasteiger partial charge in [-0.3, -0.25) is 15.3 Å². The fourth-order valence-electron chi connectivity index (χ4n) is 3.45. The molecule has 0 radical (unpaired) electrons. The first-order valence-electron chi connectivity index (χ1n) is 9.95. The summed E-state index contributed by atoms with van der Waals surface area (Å²) in [6, 6.07) is 7.45. The fourth-order valence-corrected chi connectivity index (χ4v) is 3.45. The van der Waals surface area contributed by atoms with Gasteiger partial charge in [-0.1, -0.05) is 0 Å². The quantitative estimate of drug-likeness (QED) is 0.333. The molecule has 0 unspecified atom stereocenters. The van der Waals surface area contributed by atoms with Crippen LogP contribution in [0.4, 0.5) is 5.82 Å². The normalized spacial score (nSPS) is 24.6. The van der Waals surface area contributed by atoms with Crippen molar-refractivity contribution in [3.05, 3.63) is 64.7 Å². The van der Waals surface area contributed by atoms with Crippen molar-refractivity contribution >= 4 is 23.7 Å². The SMILES string of the molecule is COc1ccc(C(=O)OC[C@H]2O[C@@H](n3ccc(NO)nc3=O)[C@@H]3OC(=O)/C=C\C(=O)O[C@@H]32)cc1. The van der Waals surface area contributed by atoms with Gasteiger partial charge in [0.2, 0.25) is 0 Å². The van der Waals surface area contributed by atoms with Crippen molar-refractivity contribution < 1.29 is 43.3 Å². The Kier molecular flexibility index (Phi) is 6.56. The Bertz CT molecular complexity index is 1180. The molecule has 3 heterocycles. The lowest BCUT2D eigenvalue weighted by Crippen LogP contribution is -2.43. The zero-order chi connectivity index (χ0) is 24.2. The number of hydrogen-bond donors (Lipinski definition) is 2. The van der Waals surface area contributed by atoms with Gasteiger partial charge in [-0.05, 0) is 30.3 Å². The van der Waals surface area contributed by atoms with Gasteiger partial charge in [0.25, 0.3) is 0 Å². The number of methoxy groups -OCH3 is 1. The summed E-state index contributed by atoms with van der Waals surface area (Å²) in [5.41, 5.74) is 1.13. The summed E-state index contributed by atoms with van der Waals surface area (Å²) in [7, 11) is 1.49. The summed E-state index contributed by atoms with van der Waals surface area (Å²) >= 11 is 0. The Morgan fingerprint density at radius 1 is 1.09 bits per heavy atom. The van der Waals surface area contributed by atoms with E-state index in [0.29, 0.717) is 5.75 Å². The van der Waals surface area contributed by atoms with E-state index >= 15 is 0 Å². The van der Waals surface area contributed by atoms with Crippen LogP contribution in [0.25, 0.3) is 0 Å². The molecule has 2 aliphatic heterocycles. The van der Waals surface area contributed by atoms with E-state index in [1.807, 2.05) is 0 Å². The predicted octanol–water partition coefficient (Wildman–Crippen LogP) is 0.201. The number of carbonyl (C=O) groups is 3. The number of carbonyl (C=O) groups excluding carboxylic acids is 3. The highest BCUT2D eigenvalue weighted by Gasteiger charge is 2.51. The summed E-state index contributed by atoms with van der Waals surface area (Å²) in [4.78, 5) is 52.7. The summed E-state index contributed by atoms with van der Waals surface area (Å²) in [6.45, 7) is -0.379. The number of esters is 3. The molecule has 4 rings (SSSR count). The maximum Gasteiger partial charge on any atom is 0.351 e. The van der Waals surface area contributed by atoms with Crippen LogP contribution >= 0.6 is 0 Å². The molecule has 0 bridgehead atoms. The minimum absolute atomic E-state index is 0.121. The van der Waals surface area contributed by atoms with Crippen molar-refractivity contribution in [3.63, 3.8) is 0 Å². The second-order valence-electron chi connectivity index (χ2n) is 7.14. The summed E-state index contributed by atoms with van der Waals surface area (Å²) < 4.78 is 27.9. The van der Waals surface area contributed by atoms with Gasteiger partial charge in [-0.15, -0.1) is 0 Å². The van der Waals surface area contributed by atoms with Crippen molar-refractivity contribution in [2.24, 2.45) is 0 Å². The predicted molar refractivity (Wildman–Crippen MR) is 110 cm³/mol. The van der Waals surface area contributed by atoms with E-state index in [9.17, 15) is 19.2 Å². The largest absolute Gasteiger partial charge is 0.497 e. The van der Waals surface area contributed by atoms with E-state index in [0.717, 1.165) is 16.7 Å². The molecule has 0 saturated carbocycles. The van der Waals surface area contributed by atoms with Crippen molar-refractivity contribution in [2.75, 3.05) is 19.2 Å². The lowest BCUT2D eigenvalue weighted by Gasteiger charge is -2.25. The first-order chi connectivity index (χ1) is 16.4. The van der Waals surface area contributed by atoms with Gasteiger partial charge in [0.1, 0.15) is 18.5 Å². The van der Waals surface area contributed by atoms with Gasteiger partial charge < -0.3 is 23.7 Å². The third-order valence-electron chi connectivity index (χ3n) is 5.07. The number of aromatic nitrogens is 2. The number of ether oxygens (including phenoxy) is 5. The number of rotatable bonds is 6. The summed E-state index contributed by atoms with van der Waals surface area (Å²) in [5, 5.41) is 8.94. The molecule has 2 aliphatic rings. The Balaban J connectivity index is 1.58. The summed E-state index contributed by atoms with van der Waals surface area (Å²) in [5.74, 6) is -1.94. The van der Waals surface area contributed by atoms with E-state index < -0.39 is 48.1 Å². The highest BCUT2D eigenvalue weighted by Crippen LogP contribution is 2.34. The van der Waals surface area contributed by atoms with Crippen molar-refractivity contribution in [2.45, 2.75) is 24.5 Å². The molecule has 1 aromatic heterocycles. The molecular formula is C21H19N3O10. The van der Waals surface area contributed by atoms with Crippen LogP contribution in [0.5, 0.6) is 5.75 Å². The molecule has 1 aromatic carbocycles. The molecule has 13 nitrogen and oxygen atoms in total. The molecule has 2 aromatic rings. The van der Waals surface area contributed by atoms with Crippen LogP contribution in [0.2, 0.25) is 0 Å². The zero-order valence-electron chi connectivity index (χ0n) is 17.7. The van der Waals surface area contributed by atoms with Crippen molar-refractivity contribution in [3.8, 4) is 5.75 Å². The third kappa shape index (κ3) is 4.74. The lowest BCUT2D eigenvalue weighted by molar-refractivity contribution is -0.164. The third-order valence-corrected chi connectivity index (χ3v) is 5.07. The molecule has 4 atom stereocenters. The molecule has 0 spiro atoms. The Morgan fingerprint density at radius 2 is 1.76 bits per heavy atom. The highest BCUT2D eigenvalue weighted by molar-refractivity contribution is 5.92. The zero-order valence-corrected chi connectivity index (χ0v) is 17.7. The van der Waals surface area contributed by atoms with E-state index in [1.165, 1.54) is 31.5 Å². The Labute approximate surface area is 191 Å². The molecule has 178 valence electrons. The smallest absolute Gasteiger partial charge is 0.351 e. The molecular weight excluding hydrogens is 454 g/mol. The molecule has 0 amide bonds. The van der Waals surface area contributed by atoms with E-state index in [4.69, 9.17) is 28.9 Å². The minimum Gasteiger partial charge on any atom is -0.497 e. The highest BCUT2D eigenvalue weighted by atomic mass is 16.7. The fraction of sp³-hybridized carbons (Fsp3) is 0.286. The average molecular weight is 473 g/mol. The van der Waals surface area contributed by atoms with Crippen molar-refractivity contribution in [1.82, 2.24) is 9.55 Å². The van der Waals surface area contributed by atoms with Gasteiger partial charge >= 0.3 is 23.6 Å². The second-order valence-corrected chi connectivity index (χ2v) is 7.14. The number of nitrogens with zero attached hydrogens (tertiary/aromatic N) is 2. The van der Waals surface area contributed by atoms with Crippen LogP contribution in [-0.4, -0.2) is 64.7 Å². The van der Waals surface area contributed by atoms with Gasteiger partial charge in [0.15, 0.2) is 24.3 Å². The lowest BCUT2D eigenvalue weighted by atomic mass is 10.1. The molecule has 13 heteroatoms. The van der Waals surface area contributed by atoms with E-state index in [2.05, 4.69) is 4.98 Å². The number of hydrogen-bond acceptors (Lipinski definition) is 12. The second kappa shape index (κ2) is 9.72. The van der Waals surface area contributed by atoms with Gasteiger partial charge in [0.05, 0.1) is 12.7 Å². The molecule has 1 fully saturated rings. The standard InChI is InChI=1S/C21H19N3O10/c1-30-12-4-2-11(3-5-12)20(27)31-10-13-17-18(34-16(26)7-6-15(25)33-17)19(32-13)24-9-8-14(23-29)22-21(24)28/h2-9,13,17-19,29H,10H2,1H3,(H,22,23,28)/b7-6-/t13-,17-,18-,19-/m1/s1. The molecule has 0 aliphatic carbocycles. The Morgan fingerprint density at radius 3 is 2.38 bits per heavy atom. The average Bonchev–Trinajstić information content (AvgIpc) is 3.15. The van der Waals surface area contributed by atoms with Crippen LogP contribution in [0.3, 0.4) is 0 Å². The Hall–Kier alpha value is -4.23. The van der Waals surface area contributed by atoms with Crippen LogP contribution in [-0.2, 0) is 28.5 Å². The minimum atomic E-state index is -1.26. The number of fused-ring (bicyclic) bond motifs is 1. The van der Waals surface area contributed by atoms with Gasteiger partial charge in [-0.25, -0.2) is 19.2 Å². The van der Waals surface area contributed by atoms with E-state index in [1.54, 1.807) is 17.6 Å². The van der Waals surface area contributed by atoms with Crippen LogP contribution in [0, 0.1) is 0 Å². The molecule has 34 heavy (non-hydrogen) atoms. The number of benzene rings is 1. The van der Waals surface area contributed by atoms with Gasteiger partial charge in [0, 0.05) is 18.3 Å². The topological polar surface area (TPSA) is 165 Å². The molecule has 1 saturated heterocycles. The van der Waals surface area contributed by atoms with Gasteiger partial charge in [-0.2, -0.15) is 4.98 Å². The van der Waals surface area contributed by atoms with Crippen LogP contribution in [0.15, 0.2) is 53.5 Å². The van der Waals surface area contributed by atoms with E-state index in [-0.39, 0.29) is 18.0 Å². The number of nitrogens with one attached hydrogen (secondary N) is 1. The first-order valence-corrected chi connectivity index (χ1v) is 9.95. The maximum absolute atomic E-state index is 12.5. The monoisotopic (exact) mass is 473 g/mol. The molecule has 2 N–H and O–H groups in total. The maximum atomic E-state index is 12.5. The van der Waals surface area contributed by atoms with Crippen LogP contribution < -0.4 is 15.9 Å². The van der Waals surface area contributed by atoms with Crippen molar-refractivity contribution in [1.29, 1.82) is 0 Å². The first kappa shape index (κ1) is 22.9.